The summed E-state index contributed by atoms with van der Waals surface area (Å²) in [5.74, 6) is 0. The van der Waals surface area contributed by atoms with Crippen molar-refractivity contribution < 1.29 is 5.11 Å². The van der Waals surface area contributed by atoms with E-state index in [0.29, 0.717) is 0 Å². The molecule has 0 aliphatic carbocycles. The predicted molar refractivity (Wildman–Crippen MR) is 151 cm³/mol. The normalized spacial score (nSPS) is 13.4. The topological polar surface area (TPSA) is 23.5 Å². The molecular formula is C29H41BrClNO. The zero-order chi connectivity index (χ0) is 22.9. The summed E-state index contributed by atoms with van der Waals surface area (Å²) in [4.78, 5) is 2.53. The van der Waals surface area contributed by atoms with Gasteiger partial charge in [0.15, 0.2) is 0 Å². The number of fused-ring (bicyclic) bond motifs is 3. The molecule has 0 saturated carbocycles. The summed E-state index contributed by atoms with van der Waals surface area (Å²) in [7, 11) is 0. The quantitative estimate of drug-likeness (QED) is 0.175. The largest absolute Gasteiger partial charge is 0.387 e. The number of hydrogen-bond donors (Lipinski definition) is 1. The molecule has 3 aromatic rings. The molecule has 0 amide bonds. The number of hydrogen-bond acceptors (Lipinski definition) is 2. The lowest BCUT2D eigenvalue weighted by Crippen LogP contribution is -2.39. The average molecular weight is 535 g/mol. The van der Waals surface area contributed by atoms with E-state index in [2.05, 4.69) is 90.1 Å². The van der Waals surface area contributed by atoms with Crippen LogP contribution in [0.2, 0.25) is 0 Å². The van der Waals surface area contributed by atoms with E-state index in [-0.39, 0.29) is 18.4 Å². The van der Waals surface area contributed by atoms with Crippen molar-refractivity contribution in [3.05, 3.63) is 58.6 Å². The SMILES string of the molecule is CCCCCCN(CCCCCC)C(C)C(O)c1ccc2cc(Br)c3ccccc3c2c1.Cl. The lowest BCUT2D eigenvalue weighted by molar-refractivity contribution is 0.0555. The van der Waals surface area contributed by atoms with E-state index < -0.39 is 6.10 Å². The zero-order valence-corrected chi connectivity index (χ0v) is 22.9. The third kappa shape index (κ3) is 7.42. The van der Waals surface area contributed by atoms with Gasteiger partial charge in [-0.05, 0) is 72.1 Å². The molecule has 3 rings (SSSR count). The van der Waals surface area contributed by atoms with Gasteiger partial charge in [0.1, 0.15) is 0 Å². The second kappa shape index (κ2) is 14.3. The van der Waals surface area contributed by atoms with E-state index in [9.17, 15) is 5.11 Å². The molecule has 0 aliphatic heterocycles. The summed E-state index contributed by atoms with van der Waals surface area (Å²) in [5, 5.41) is 16.3. The van der Waals surface area contributed by atoms with Gasteiger partial charge in [-0.25, -0.2) is 0 Å². The first-order chi connectivity index (χ1) is 15.6. The Kier molecular flexibility index (Phi) is 12.2. The third-order valence-electron chi connectivity index (χ3n) is 6.81. The lowest BCUT2D eigenvalue weighted by Gasteiger charge is -2.33. The van der Waals surface area contributed by atoms with Gasteiger partial charge in [0.25, 0.3) is 0 Å². The Bertz CT molecular complexity index is 980. The fourth-order valence-corrected chi connectivity index (χ4v) is 5.33. The first kappa shape index (κ1) is 28.1. The molecule has 0 radical (unpaired) electrons. The maximum atomic E-state index is 11.4. The summed E-state index contributed by atoms with van der Waals surface area (Å²) >= 11 is 3.72. The molecule has 182 valence electrons. The van der Waals surface area contributed by atoms with Crippen LogP contribution in [0.3, 0.4) is 0 Å². The zero-order valence-electron chi connectivity index (χ0n) is 20.5. The number of halogens is 2. The molecule has 0 aliphatic rings. The molecule has 0 fully saturated rings. The van der Waals surface area contributed by atoms with Gasteiger partial charge < -0.3 is 5.11 Å². The van der Waals surface area contributed by atoms with Crippen LogP contribution in [-0.4, -0.2) is 29.1 Å². The smallest absolute Gasteiger partial charge is 0.0942 e. The van der Waals surface area contributed by atoms with E-state index in [1.165, 1.54) is 72.9 Å². The van der Waals surface area contributed by atoms with Crippen molar-refractivity contribution in [3.8, 4) is 0 Å². The van der Waals surface area contributed by atoms with Gasteiger partial charge in [0, 0.05) is 10.5 Å². The molecule has 4 heteroatoms. The Morgan fingerprint density at radius 2 is 1.39 bits per heavy atom. The fraction of sp³-hybridized carbons (Fsp3) is 0.517. The van der Waals surface area contributed by atoms with Crippen LogP contribution in [0.1, 0.15) is 83.8 Å². The fourth-order valence-electron chi connectivity index (χ4n) is 4.74. The molecule has 0 aromatic heterocycles. The van der Waals surface area contributed by atoms with Crippen LogP contribution in [0.15, 0.2) is 53.0 Å². The van der Waals surface area contributed by atoms with E-state index >= 15 is 0 Å². The van der Waals surface area contributed by atoms with E-state index in [1.807, 2.05) is 0 Å². The maximum Gasteiger partial charge on any atom is 0.0942 e. The van der Waals surface area contributed by atoms with Gasteiger partial charge in [0.2, 0.25) is 0 Å². The second-order valence-electron chi connectivity index (χ2n) is 9.23. The first-order valence-electron chi connectivity index (χ1n) is 12.6. The lowest BCUT2D eigenvalue weighted by atomic mass is 9.95. The molecule has 2 atom stereocenters. The van der Waals surface area contributed by atoms with Crippen LogP contribution in [0.25, 0.3) is 21.5 Å². The van der Waals surface area contributed by atoms with Gasteiger partial charge in [-0.2, -0.15) is 0 Å². The minimum absolute atomic E-state index is 0. The predicted octanol–water partition coefficient (Wildman–Crippen LogP) is 9.06. The summed E-state index contributed by atoms with van der Waals surface area (Å²) in [6.45, 7) is 8.88. The van der Waals surface area contributed by atoms with Gasteiger partial charge in [-0.15, -0.1) is 12.4 Å². The minimum atomic E-state index is -0.487. The summed E-state index contributed by atoms with van der Waals surface area (Å²) in [5.41, 5.74) is 1.02. The van der Waals surface area contributed by atoms with Gasteiger partial charge >= 0.3 is 0 Å². The molecule has 3 aromatic carbocycles. The number of aliphatic hydroxyl groups is 1. The van der Waals surface area contributed by atoms with Crippen molar-refractivity contribution in [1.29, 1.82) is 0 Å². The highest BCUT2D eigenvalue weighted by Crippen LogP contribution is 2.34. The molecule has 2 unspecified atom stereocenters. The molecule has 0 spiro atoms. The van der Waals surface area contributed by atoms with Crippen molar-refractivity contribution in [2.45, 2.75) is 84.3 Å². The number of nitrogens with zero attached hydrogens (tertiary/aromatic N) is 1. The van der Waals surface area contributed by atoms with Crippen LogP contribution in [0.5, 0.6) is 0 Å². The van der Waals surface area contributed by atoms with Crippen LogP contribution < -0.4 is 0 Å². The first-order valence-corrected chi connectivity index (χ1v) is 13.4. The van der Waals surface area contributed by atoms with Crippen LogP contribution >= 0.6 is 28.3 Å². The summed E-state index contributed by atoms with van der Waals surface area (Å²) in [6.07, 6.45) is 9.63. The monoisotopic (exact) mass is 533 g/mol. The van der Waals surface area contributed by atoms with Crippen molar-refractivity contribution >= 4 is 49.9 Å². The summed E-state index contributed by atoms with van der Waals surface area (Å²) in [6, 6.07) is 17.3. The number of aliphatic hydroxyl groups excluding tert-OH is 1. The highest BCUT2D eigenvalue weighted by Gasteiger charge is 2.23. The number of benzene rings is 3. The molecule has 2 nitrogen and oxygen atoms in total. The van der Waals surface area contributed by atoms with Crippen molar-refractivity contribution in [1.82, 2.24) is 4.90 Å². The Labute approximate surface area is 215 Å². The average Bonchev–Trinajstić information content (AvgIpc) is 2.82. The van der Waals surface area contributed by atoms with E-state index in [0.717, 1.165) is 23.1 Å². The standard InChI is InChI=1S/C29H40BrNO.ClH/c1-4-6-8-12-18-31(19-13-9-7-5-2)22(3)29(32)24-17-16-23-21-28(30)26-15-11-10-14-25(26)27(23)20-24;/h10-11,14-17,20-22,29,32H,4-9,12-13,18-19H2,1-3H3;1H. The molecular weight excluding hydrogens is 494 g/mol. The van der Waals surface area contributed by atoms with Crippen molar-refractivity contribution in [3.63, 3.8) is 0 Å². The number of rotatable bonds is 13. The van der Waals surface area contributed by atoms with Crippen molar-refractivity contribution in [2.75, 3.05) is 13.1 Å². The van der Waals surface area contributed by atoms with Crippen LogP contribution in [0.4, 0.5) is 0 Å². The number of unbranched alkanes of at least 4 members (excludes halogenated alkanes) is 6. The minimum Gasteiger partial charge on any atom is -0.387 e. The third-order valence-corrected chi connectivity index (χ3v) is 7.46. The highest BCUT2D eigenvalue weighted by atomic mass is 79.9. The van der Waals surface area contributed by atoms with E-state index in [1.54, 1.807) is 0 Å². The Hall–Kier alpha value is -1.13. The molecule has 1 N–H and O–H groups in total. The molecule has 33 heavy (non-hydrogen) atoms. The molecule has 0 bridgehead atoms. The van der Waals surface area contributed by atoms with Crippen LogP contribution in [-0.2, 0) is 0 Å². The molecule has 0 heterocycles. The summed E-state index contributed by atoms with van der Waals surface area (Å²) < 4.78 is 1.12. The Morgan fingerprint density at radius 1 is 0.788 bits per heavy atom. The molecule has 0 saturated heterocycles. The van der Waals surface area contributed by atoms with Crippen molar-refractivity contribution in [2.24, 2.45) is 0 Å². The maximum absolute atomic E-state index is 11.4. The second-order valence-corrected chi connectivity index (χ2v) is 10.1. The van der Waals surface area contributed by atoms with Gasteiger partial charge in [0.05, 0.1) is 6.10 Å². The highest BCUT2D eigenvalue weighted by molar-refractivity contribution is 9.10. The Morgan fingerprint density at radius 3 is 2.00 bits per heavy atom. The van der Waals surface area contributed by atoms with Gasteiger partial charge in [-0.3, -0.25) is 4.90 Å². The van der Waals surface area contributed by atoms with Crippen LogP contribution in [0, 0.1) is 0 Å². The Balaban J connectivity index is 0.00000385. The van der Waals surface area contributed by atoms with Gasteiger partial charge in [-0.1, -0.05) is 105 Å². The van der Waals surface area contributed by atoms with E-state index in [4.69, 9.17) is 0 Å².